The molecule has 8 nitrogen and oxygen atoms in total. The molecule has 32 heavy (non-hydrogen) atoms. The number of piperidine rings is 1. The lowest BCUT2D eigenvalue weighted by Gasteiger charge is -2.31. The van der Waals surface area contributed by atoms with Crippen LogP contribution in [0.15, 0.2) is 54.9 Å². The Morgan fingerprint density at radius 3 is 2.72 bits per heavy atom. The minimum absolute atomic E-state index is 0.0728. The Morgan fingerprint density at radius 2 is 1.88 bits per heavy atom. The molecular weight excluding hydrogens is 404 g/mol. The molecule has 8 bridgehead atoms. The third kappa shape index (κ3) is 4.86. The molecule has 2 aromatic carbocycles. The highest BCUT2D eigenvalue weighted by Crippen LogP contribution is 2.23. The first-order valence-corrected chi connectivity index (χ1v) is 11.0. The zero-order chi connectivity index (χ0) is 21.8. The molecule has 164 valence electrons. The molecule has 8 rings (SSSR count). The summed E-state index contributed by atoms with van der Waals surface area (Å²) in [7, 11) is 0. The van der Waals surface area contributed by atoms with Gasteiger partial charge in [-0.15, -0.1) is 0 Å². The first kappa shape index (κ1) is 20.4. The second kappa shape index (κ2) is 9.32. The molecule has 0 radical (unpaired) electrons. The van der Waals surface area contributed by atoms with E-state index in [1.54, 1.807) is 0 Å². The Bertz CT molecular complexity index is 1080. The van der Waals surface area contributed by atoms with Crippen molar-refractivity contribution in [2.45, 2.75) is 19.4 Å². The summed E-state index contributed by atoms with van der Waals surface area (Å²) in [6, 6.07) is 15.9. The van der Waals surface area contributed by atoms with Crippen LogP contribution in [0.2, 0.25) is 0 Å². The van der Waals surface area contributed by atoms with Crippen LogP contribution in [0, 0.1) is 5.92 Å². The molecule has 0 saturated carbocycles. The maximum absolute atomic E-state index is 12.5. The van der Waals surface area contributed by atoms with Gasteiger partial charge in [0.1, 0.15) is 18.7 Å². The van der Waals surface area contributed by atoms with Crippen molar-refractivity contribution in [1.29, 1.82) is 0 Å². The van der Waals surface area contributed by atoms with Crippen LogP contribution in [0.1, 0.15) is 18.4 Å². The van der Waals surface area contributed by atoms with E-state index in [4.69, 9.17) is 4.74 Å². The average molecular weight is 431 g/mol. The minimum atomic E-state index is 0.0728. The van der Waals surface area contributed by atoms with E-state index in [9.17, 15) is 4.79 Å². The van der Waals surface area contributed by atoms with Crippen LogP contribution in [0.4, 0.5) is 11.6 Å². The molecule has 6 heterocycles. The number of amides is 1. The number of rotatable bonds is 0. The predicted molar refractivity (Wildman–Crippen MR) is 121 cm³/mol. The van der Waals surface area contributed by atoms with Crippen molar-refractivity contribution in [1.82, 2.24) is 25.2 Å². The molecule has 1 amide bonds. The summed E-state index contributed by atoms with van der Waals surface area (Å²) in [6.07, 6.45) is 3.26. The Morgan fingerprint density at radius 1 is 1.03 bits per heavy atom. The summed E-state index contributed by atoms with van der Waals surface area (Å²) in [4.78, 5) is 28.1. The molecule has 5 aliphatic rings. The number of carbonyl (C=O) groups is 1. The van der Waals surface area contributed by atoms with Crippen molar-refractivity contribution in [3.05, 3.63) is 60.4 Å². The zero-order valence-corrected chi connectivity index (χ0v) is 17.8. The summed E-state index contributed by atoms with van der Waals surface area (Å²) >= 11 is 0. The van der Waals surface area contributed by atoms with Crippen LogP contribution >= 0.6 is 0 Å². The number of nitrogens with one attached hydrogen (secondary N) is 2. The fraction of sp³-hybridized carbons (Fsp3) is 0.333. The van der Waals surface area contributed by atoms with E-state index in [1.807, 2.05) is 36.4 Å². The summed E-state index contributed by atoms with van der Waals surface area (Å²) in [6.45, 7) is 3.60. The Balaban J connectivity index is 1.41. The number of anilines is 2. The summed E-state index contributed by atoms with van der Waals surface area (Å²) in [5, 5.41) is 6.32. The normalized spacial score (nSPS) is 21.1. The van der Waals surface area contributed by atoms with Gasteiger partial charge < -0.3 is 15.4 Å². The summed E-state index contributed by atoms with van der Waals surface area (Å²) < 4.78 is 5.78. The van der Waals surface area contributed by atoms with Gasteiger partial charge >= 0.3 is 0 Å². The van der Waals surface area contributed by atoms with Crippen molar-refractivity contribution in [3.8, 4) is 17.1 Å². The van der Waals surface area contributed by atoms with Crippen molar-refractivity contribution in [3.63, 3.8) is 0 Å². The third-order valence-corrected chi connectivity index (χ3v) is 5.90. The van der Waals surface area contributed by atoms with Gasteiger partial charge in [0.15, 0.2) is 5.82 Å². The van der Waals surface area contributed by atoms with Gasteiger partial charge in [-0.1, -0.05) is 12.1 Å². The summed E-state index contributed by atoms with van der Waals surface area (Å²) in [5.74, 6) is 2.04. The zero-order valence-electron chi connectivity index (χ0n) is 17.8. The minimum Gasteiger partial charge on any atom is -0.492 e. The number of aromatic nitrogens is 3. The van der Waals surface area contributed by atoms with Crippen molar-refractivity contribution in [2.75, 3.05) is 31.6 Å². The van der Waals surface area contributed by atoms with Crippen LogP contribution in [0.3, 0.4) is 0 Å². The highest BCUT2D eigenvalue weighted by molar-refractivity contribution is 5.78. The molecule has 1 fully saturated rings. The topological polar surface area (TPSA) is 92.3 Å². The molecule has 1 saturated heterocycles. The van der Waals surface area contributed by atoms with Crippen LogP contribution in [-0.2, 0) is 11.3 Å². The third-order valence-electron chi connectivity index (χ3n) is 5.90. The van der Waals surface area contributed by atoms with E-state index >= 15 is 0 Å². The lowest BCUT2D eigenvalue weighted by atomic mass is 9.95. The second-order valence-corrected chi connectivity index (χ2v) is 8.17. The van der Waals surface area contributed by atoms with Crippen molar-refractivity contribution < 1.29 is 9.53 Å². The van der Waals surface area contributed by atoms with E-state index in [-0.39, 0.29) is 11.8 Å². The van der Waals surface area contributed by atoms with Gasteiger partial charge in [-0.3, -0.25) is 9.69 Å². The fourth-order valence-corrected chi connectivity index (χ4v) is 4.17. The van der Waals surface area contributed by atoms with E-state index in [0.29, 0.717) is 24.9 Å². The molecule has 0 atom stereocenters. The molecule has 5 aliphatic heterocycles. The quantitative estimate of drug-likeness (QED) is 0.566. The van der Waals surface area contributed by atoms with Crippen molar-refractivity contribution >= 4 is 17.5 Å². The SMILES string of the molecule is O=C1NCCOc2ccc(cc2)-c2ncnc(n2)Nc2cccc(c2)CN2CCC1CC2. The highest BCUT2D eigenvalue weighted by atomic mass is 16.5. The number of carbonyl (C=O) groups excluding carboxylic acids is 1. The molecule has 8 heteroatoms. The van der Waals surface area contributed by atoms with Gasteiger partial charge in [-0.05, 0) is 67.9 Å². The Hall–Kier alpha value is -3.52. The first-order chi connectivity index (χ1) is 15.7. The maximum Gasteiger partial charge on any atom is 0.230 e. The number of hydrogen-bond donors (Lipinski definition) is 2. The smallest absolute Gasteiger partial charge is 0.230 e. The lowest BCUT2D eigenvalue weighted by Crippen LogP contribution is -2.41. The van der Waals surface area contributed by atoms with Gasteiger partial charge in [0.25, 0.3) is 0 Å². The molecule has 0 aliphatic carbocycles. The van der Waals surface area contributed by atoms with Crippen LogP contribution in [-0.4, -0.2) is 52.0 Å². The Kier molecular flexibility index (Phi) is 5.93. The number of ether oxygens (including phenoxy) is 1. The number of benzene rings is 2. The van der Waals surface area contributed by atoms with Crippen LogP contribution in [0.25, 0.3) is 11.4 Å². The average Bonchev–Trinajstić information content (AvgIpc) is 2.82. The van der Waals surface area contributed by atoms with Crippen molar-refractivity contribution in [2.24, 2.45) is 5.92 Å². The van der Waals surface area contributed by atoms with Gasteiger partial charge in [-0.25, -0.2) is 9.97 Å². The molecule has 3 aromatic rings. The molecular formula is C24H26N6O2. The largest absolute Gasteiger partial charge is 0.492 e. The second-order valence-electron chi connectivity index (χ2n) is 8.17. The monoisotopic (exact) mass is 430 g/mol. The van der Waals surface area contributed by atoms with E-state index in [0.717, 1.165) is 49.5 Å². The standard InChI is InChI=1S/C24H26N6O2/c31-23-19-8-11-30(12-9-19)15-17-2-1-3-20(14-17)28-24-27-16-26-22(29-24)18-4-6-21(7-5-18)32-13-10-25-23/h1-7,14,16,19H,8-13,15H2,(H,25,31)(H,26,27,28,29). The van der Waals surface area contributed by atoms with E-state index in [2.05, 4.69) is 42.6 Å². The lowest BCUT2D eigenvalue weighted by molar-refractivity contribution is -0.126. The number of nitrogens with zero attached hydrogens (tertiary/aromatic N) is 4. The van der Waals surface area contributed by atoms with Crippen LogP contribution in [0.5, 0.6) is 5.75 Å². The maximum atomic E-state index is 12.5. The van der Waals surface area contributed by atoms with Gasteiger partial charge in [0, 0.05) is 23.7 Å². The molecule has 0 spiro atoms. The molecule has 1 aromatic heterocycles. The molecule has 2 N–H and O–H groups in total. The van der Waals surface area contributed by atoms with E-state index < -0.39 is 0 Å². The van der Waals surface area contributed by atoms with E-state index in [1.165, 1.54) is 11.9 Å². The first-order valence-electron chi connectivity index (χ1n) is 11.0. The van der Waals surface area contributed by atoms with Gasteiger partial charge in [0.05, 0.1) is 6.54 Å². The fourth-order valence-electron chi connectivity index (χ4n) is 4.17. The number of hydrogen-bond acceptors (Lipinski definition) is 7. The Labute approximate surface area is 187 Å². The highest BCUT2D eigenvalue weighted by Gasteiger charge is 2.24. The summed E-state index contributed by atoms with van der Waals surface area (Å²) in [5.41, 5.74) is 3.02. The van der Waals surface area contributed by atoms with Gasteiger partial charge in [0.2, 0.25) is 11.9 Å². The van der Waals surface area contributed by atoms with Crippen LogP contribution < -0.4 is 15.4 Å². The van der Waals surface area contributed by atoms with Gasteiger partial charge in [-0.2, -0.15) is 4.98 Å². The molecule has 0 unspecified atom stereocenters. The predicted octanol–water partition coefficient (Wildman–Crippen LogP) is 3.00.